The molecular formula is C22H29N3O2S. The Morgan fingerprint density at radius 3 is 2.57 bits per heavy atom. The molecule has 1 saturated carbocycles. The lowest BCUT2D eigenvalue weighted by Crippen LogP contribution is -2.37. The minimum atomic E-state index is 0.109. The highest BCUT2D eigenvalue weighted by molar-refractivity contribution is 8.00. The summed E-state index contributed by atoms with van der Waals surface area (Å²) in [6.07, 6.45) is 10.1. The van der Waals surface area contributed by atoms with Crippen LogP contribution >= 0.6 is 11.8 Å². The Bertz CT molecular complexity index is 835. The average molecular weight is 400 g/mol. The van der Waals surface area contributed by atoms with Gasteiger partial charge in [-0.2, -0.15) is 0 Å². The van der Waals surface area contributed by atoms with E-state index in [1.54, 1.807) is 11.8 Å². The van der Waals surface area contributed by atoms with Gasteiger partial charge in [0.15, 0.2) is 0 Å². The van der Waals surface area contributed by atoms with Crippen molar-refractivity contribution >= 4 is 34.5 Å². The Balaban J connectivity index is 1.43. The summed E-state index contributed by atoms with van der Waals surface area (Å²) in [5, 5.41) is 4.27. The van der Waals surface area contributed by atoms with Gasteiger partial charge in [-0.15, -0.1) is 11.8 Å². The molecule has 4 rings (SSSR count). The van der Waals surface area contributed by atoms with Crippen LogP contribution in [0.1, 0.15) is 44.9 Å². The molecule has 0 radical (unpaired) electrons. The third kappa shape index (κ3) is 4.54. The summed E-state index contributed by atoms with van der Waals surface area (Å²) >= 11 is 1.57. The first-order valence-electron chi connectivity index (χ1n) is 10.5. The van der Waals surface area contributed by atoms with Crippen LogP contribution in [0.5, 0.6) is 0 Å². The molecule has 5 nitrogen and oxygen atoms in total. The number of thioether (sulfide) groups is 1. The molecule has 0 unspecified atom stereocenters. The number of piperidine rings is 1. The van der Waals surface area contributed by atoms with E-state index in [2.05, 4.69) is 17.4 Å². The zero-order chi connectivity index (χ0) is 19.3. The standard InChI is InChI=1S/C22H29N3O2S/c26-21(23-17-8-2-3-9-17)16-28-20-14-25(19-11-5-4-10-18(19)20)15-22(27)24-12-6-1-7-13-24/h4-5,10-11,14,17H,1-3,6-9,12-13,15-16H2,(H,23,26). The van der Waals surface area contributed by atoms with Crippen molar-refractivity contribution in [3.63, 3.8) is 0 Å². The summed E-state index contributed by atoms with van der Waals surface area (Å²) in [7, 11) is 0. The van der Waals surface area contributed by atoms with Gasteiger partial charge >= 0.3 is 0 Å². The van der Waals surface area contributed by atoms with Gasteiger partial charge in [0, 0.05) is 41.1 Å². The van der Waals surface area contributed by atoms with Gasteiger partial charge < -0.3 is 14.8 Å². The van der Waals surface area contributed by atoms with Crippen LogP contribution in [-0.2, 0) is 16.1 Å². The van der Waals surface area contributed by atoms with E-state index in [0.717, 1.165) is 54.6 Å². The number of benzene rings is 1. The third-order valence-corrected chi connectivity index (χ3v) is 6.89. The molecule has 1 N–H and O–H groups in total. The zero-order valence-electron chi connectivity index (χ0n) is 16.4. The molecule has 0 spiro atoms. The first-order valence-corrected chi connectivity index (χ1v) is 11.5. The van der Waals surface area contributed by atoms with Crippen LogP contribution in [0.2, 0.25) is 0 Å². The van der Waals surface area contributed by atoms with Crippen LogP contribution in [0.4, 0.5) is 0 Å². The Morgan fingerprint density at radius 1 is 1.04 bits per heavy atom. The van der Waals surface area contributed by atoms with Gasteiger partial charge in [0.1, 0.15) is 6.54 Å². The summed E-state index contributed by atoms with van der Waals surface area (Å²) in [5.41, 5.74) is 1.06. The molecule has 2 aliphatic rings. The van der Waals surface area contributed by atoms with Crippen LogP contribution in [-0.4, -0.2) is 46.2 Å². The van der Waals surface area contributed by atoms with E-state index in [1.165, 1.54) is 19.3 Å². The number of aromatic nitrogens is 1. The van der Waals surface area contributed by atoms with Gasteiger partial charge in [0.25, 0.3) is 0 Å². The maximum atomic E-state index is 12.7. The van der Waals surface area contributed by atoms with Crippen molar-refractivity contribution in [1.29, 1.82) is 0 Å². The maximum Gasteiger partial charge on any atom is 0.242 e. The highest BCUT2D eigenvalue weighted by Crippen LogP contribution is 2.30. The fourth-order valence-electron chi connectivity index (χ4n) is 4.33. The number of rotatable bonds is 6. The fraction of sp³-hybridized carbons (Fsp3) is 0.545. The number of para-hydroxylation sites is 1. The molecule has 1 aliphatic carbocycles. The summed E-state index contributed by atoms with van der Waals surface area (Å²) in [4.78, 5) is 28.1. The SMILES string of the molecule is O=C(CSc1cn(CC(=O)N2CCCCC2)c2ccccc12)NC1CCCC1. The van der Waals surface area contributed by atoms with E-state index in [-0.39, 0.29) is 11.8 Å². The predicted molar refractivity (Wildman–Crippen MR) is 113 cm³/mol. The van der Waals surface area contributed by atoms with Crippen molar-refractivity contribution < 1.29 is 9.59 Å². The minimum absolute atomic E-state index is 0.109. The van der Waals surface area contributed by atoms with Crippen molar-refractivity contribution in [1.82, 2.24) is 14.8 Å². The predicted octanol–water partition coefficient (Wildman–Crippen LogP) is 3.80. The van der Waals surface area contributed by atoms with Crippen LogP contribution in [0.25, 0.3) is 10.9 Å². The van der Waals surface area contributed by atoms with E-state index < -0.39 is 0 Å². The largest absolute Gasteiger partial charge is 0.353 e. The van der Waals surface area contributed by atoms with E-state index >= 15 is 0 Å². The molecule has 6 heteroatoms. The Morgan fingerprint density at radius 2 is 1.79 bits per heavy atom. The molecule has 0 bridgehead atoms. The van der Waals surface area contributed by atoms with Crippen LogP contribution < -0.4 is 5.32 Å². The third-order valence-electron chi connectivity index (χ3n) is 5.85. The molecule has 150 valence electrons. The number of carbonyl (C=O) groups is 2. The second kappa shape index (κ2) is 9.03. The molecule has 2 amide bonds. The quantitative estimate of drug-likeness (QED) is 0.752. The Hall–Kier alpha value is -1.95. The maximum absolute atomic E-state index is 12.7. The van der Waals surface area contributed by atoms with Crippen molar-refractivity contribution in [3.8, 4) is 0 Å². The molecule has 1 aliphatic heterocycles. The Kier molecular flexibility index (Phi) is 6.25. The first-order chi connectivity index (χ1) is 13.7. The number of nitrogens with zero attached hydrogens (tertiary/aromatic N) is 2. The van der Waals surface area contributed by atoms with Gasteiger partial charge in [-0.05, 0) is 38.2 Å². The van der Waals surface area contributed by atoms with Crippen LogP contribution in [0.15, 0.2) is 35.4 Å². The summed E-state index contributed by atoms with van der Waals surface area (Å²) in [6, 6.07) is 8.51. The van der Waals surface area contributed by atoms with Gasteiger partial charge in [0.2, 0.25) is 11.8 Å². The number of fused-ring (bicyclic) bond motifs is 1. The molecule has 0 atom stereocenters. The van der Waals surface area contributed by atoms with Crippen molar-refractivity contribution in [3.05, 3.63) is 30.5 Å². The average Bonchev–Trinajstić information content (AvgIpc) is 3.35. The van der Waals surface area contributed by atoms with Crippen LogP contribution in [0.3, 0.4) is 0 Å². The summed E-state index contributed by atoms with van der Waals surface area (Å²) in [5.74, 6) is 0.721. The number of likely N-dealkylation sites (tertiary alicyclic amines) is 1. The summed E-state index contributed by atoms with van der Waals surface area (Å²) in [6.45, 7) is 2.12. The van der Waals surface area contributed by atoms with E-state index in [9.17, 15) is 9.59 Å². The smallest absolute Gasteiger partial charge is 0.242 e. The fourth-order valence-corrected chi connectivity index (χ4v) is 5.23. The minimum Gasteiger partial charge on any atom is -0.353 e. The van der Waals surface area contributed by atoms with E-state index in [1.807, 2.05) is 27.8 Å². The molecule has 2 fully saturated rings. The van der Waals surface area contributed by atoms with E-state index in [0.29, 0.717) is 18.3 Å². The van der Waals surface area contributed by atoms with Gasteiger partial charge in [-0.3, -0.25) is 9.59 Å². The number of amides is 2. The molecular weight excluding hydrogens is 370 g/mol. The topological polar surface area (TPSA) is 54.3 Å². The monoisotopic (exact) mass is 399 g/mol. The molecule has 2 aromatic rings. The molecule has 2 heterocycles. The number of carbonyl (C=O) groups excluding carboxylic acids is 2. The highest BCUT2D eigenvalue weighted by atomic mass is 32.2. The molecule has 28 heavy (non-hydrogen) atoms. The lowest BCUT2D eigenvalue weighted by Gasteiger charge is -2.27. The number of hydrogen-bond acceptors (Lipinski definition) is 3. The molecule has 1 aromatic heterocycles. The van der Waals surface area contributed by atoms with Gasteiger partial charge in [-0.25, -0.2) is 0 Å². The lowest BCUT2D eigenvalue weighted by molar-refractivity contribution is -0.132. The van der Waals surface area contributed by atoms with E-state index in [4.69, 9.17) is 0 Å². The summed E-state index contributed by atoms with van der Waals surface area (Å²) < 4.78 is 2.05. The lowest BCUT2D eigenvalue weighted by atomic mass is 10.1. The number of hydrogen-bond donors (Lipinski definition) is 1. The van der Waals surface area contributed by atoms with Crippen molar-refractivity contribution in [2.75, 3.05) is 18.8 Å². The van der Waals surface area contributed by atoms with Crippen LogP contribution in [0, 0.1) is 0 Å². The highest BCUT2D eigenvalue weighted by Gasteiger charge is 2.20. The van der Waals surface area contributed by atoms with Gasteiger partial charge in [0.05, 0.1) is 5.75 Å². The second-order valence-electron chi connectivity index (χ2n) is 7.92. The molecule has 1 aromatic carbocycles. The molecule has 1 saturated heterocycles. The van der Waals surface area contributed by atoms with Crippen molar-refractivity contribution in [2.45, 2.75) is 62.4 Å². The normalized spacial score (nSPS) is 17.9. The second-order valence-corrected chi connectivity index (χ2v) is 8.93. The zero-order valence-corrected chi connectivity index (χ0v) is 17.2. The number of nitrogens with one attached hydrogen (secondary N) is 1. The first kappa shape index (κ1) is 19.4. The Labute approximate surface area is 170 Å². The van der Waals surface area contributed by atoms with Gasteiger partial charge in [-0.1, -0.05) is 31.0 Å². The van der Waals surface area contributed by atoms with Crippen molar-refractivity contribution in [2.24, 2.45) is 0 Å².